The highest BCUT2D eigenvalue weighted by Gasteiger charge is 2.24. The summed E-state index contributed by atoms with van der Waals surface area (Å²) < 4.78 is 5.93. The van der Waals surface area contributed by atoms with Crippen molar-refractivity contribution in [2.45, 2.75) is 75.8 Å². The van der Waals surface area contributed by atoms with Crippen LogP contribution in [0.15, 0.2) is 23.3 Å². The Morgan fingerprint density at radius 2 is 2.07 bits per heavy atom. The van der Waals surface area contributed by atoms with Gasteiger partial charge in [-0.25, -0.2) is 9.98 Å². The molecule has 0 spiro atoms. The average Bonchev–Trinajstić information content (AvgIpc) is 3.33. The van der Waals surface area contributed by atoms with E-state index < -0.39 is 0 Å². The van der Waals surface area contributed by atoms with Crippen LogP contribution in [-0.4, -0.2) is 41.1 Å². The monoisotopic (exact) mass is 504 g/mol. The van der Waals surface area contributed by atoms with Gasteiger partial charge in [0.2, 0.25) is 5.88 Å². The fraction of sp³-hybridized carbons (Fsp3) is 0.700. The Hall–Kier alpha value is -0.700. The van der Waals surface area contributed by atoms with Gasteiger partial charge in [-0.05, 0) is 63.7 Å². The molecule has 1 aromatic heterocycles. The predicted molar refractivity (Wildman–Crippen MR) is 125 cm³/mol. The van der Waals surface area contributed by atoms with Gasteiger partial charge < -0.3 is 15.4 Å². The number of nitrogens with one attached hydrogen (secondary N) is 2. The lowest BCUT2D eigenvalue weighted by molar-refractivity contribution is 0.201. The van der Waals surface area contributed by atoms with Gasteiger partial charge in [0.25, 0.3) is 0 Å². The van der Waals surface area contributed by atoms with E-state index in [-0.39, 0.29) is 24.0 Å². The number of nitrogens with zero attached hydrogens (tertiary/aromatic N) is 2. The van der Waals surface area contributed by atoms with Crippen LogP contribution in [0.25, 0.3) is 0 Å². The maximum absolute atomic E-state index is 5.93. The van der Waals surface area contributed by atoms with Crippen molar-refractivity contribution < 1.29 is 4.74 Å². The summed E-state index contributed by atoms with van der Waals surface area (Å²) in [6.07, 6.45) is 13.1. The third-order valence-corrected chi connectivity index (χ3v) is 6.30. The number of rotatable bonds is 7. The Balaban J connectivity index is 0.00000261. The van der Waals surface area contributed by atoms with Crippen LogP contribution in [0, 0.1) is 0 Å². The number of aromatic nitrogens is 1. The molecular formula is C20H33IN4OS. The molecule has 3 rings (SSSR count). The van der Waals surface area contributed by atoms with Crippen LogP contribution >= 0.6 is 35.7 Å². The molecule has 2 N–H and O–H groups in total. The first-order valence-corrected chi connectivity index (χ1v) is 11.2. The molecule has 0 saturated heterocycles. The topological polar surface area (TPSA) is 58.5 Å². The number of hydrogen-bond acceptors (Lipinski definition) is 4. The van der Waals surface area contributed by atoms with Gasteiger partial charge in [0.1, 0.15) is 6.10 Å². The number of guanidine groups is 1. The van der Waals surface area contributed by atoms with Crippen molar-refractivity contribution in [1.29, 1.82) is 0 Å². The minimum Gasteiger partial charge on any atom is -0.474 e. The van der Waals surface area contributed by atoms with Crippen LogP contribution in [0.4, 0.5) is 0 Å². The Morgan fingerprint density at radius 1 is 1.26 bits per heavy atom. The number of ether oxygens (including phenoxy) is 1. The Kier molecular flexibility index (Phi) is 10.0. The number of halogens is 1. The maximum Gasteiger partial charge on any atom is 0.213 e. The summed E-state index contributed by atoms with van der Waals surface area (Å²) in [4.78, 5) is 9.19. The van der Waals surface area contributed by atoms with Crippen LogP contribution in [0.3, 0.4) is 0 Å². The van der Waals surface area contributed by atoms with Crippen molar-refractivity contribution in [3.8, 4) is 5.88 Å². The van der Waals surface area contributed by atoms with E-state index >= 15 is 0 Å². The molecule has 2 unspecified atom stereocenters. The molecule has 0 aromatic carbocycles. The van der Waals surface area contributed by atoms with Gasteiger partial charge in [0.15, 0.2) is 5.96 Å². The highest BCUT2D eigenvalue weighted by atomic mass is 127. The summed E-state index contributed by atoms with van der Waals surface area (Å²) in [6, 6.07) is 4.58. The third kappa shape index (κ3) is 7.33. The fourth-order valence-electron chi connectivity index (χ4n) is 3.72. The lowest BCUT2D eigenvalue weighted by atomic mass is 10.2. The highest BCUT2D eigenvalue weighted by molar-refractivity contribution is 14.0. The van der Waals surface area contributed by atoms with Gasteiger partial charge in [-0.15, -0.1) is 24.0 Å². The van der Waals surface area contributed by atoms with Crippen LogP contribution in [0.5, 0.6) is 5.88 Å². The van der Waals surface area contributed by atoms with E-state index in [4.69, 9.17) is 9.73 Å². The molecule has 0 radical (unpaired) electrons. The fourth-order valence-corrected chi connectivity index (χ4v) is 4.52. The summed E-state index contributed by atoms with van der Waals surface area (Å²) in [5.74, 6) is 1.65. The molecule has 2 fully saturated rings. The first-order valence-electron chi connectivity index (χ1n) is 9.96. The molecule has 2 atom stereocenters. The second-order valence-corrected chi connectivity index (χ2v) is 8.37. The van der Waals surface area contributed by atoms with Crippen molar-refractivity contribution in [2.75, 3.05) is 12.8 Å². The third-order valence-electron chi connectivity index (χ3n) is 5.21. The van der Waals surface area contributed by atoms with E-state index in [1.54, 1.807) is 0 Å². The SMILES string of the molecule is CCNC(=NCc1ccc(OC2CCCC2)nc1)NC1CCC(SC)C1.I. The van der Waals surface area contributed by atoms with Gasteiger partial charge in [-0.1, -0.05) is 6.07 Å². The number of aliphatic imine (C=N–C) groups is 1. The maximum atomic E-state index is 5.93. The van der Waals surface area contributed by atoms with Crippen molar-refractivity contribution in [3.63, 3.8) is 0 Å². The number of pyridine rings is 1. The summed E-state index contributed by atoms with van der Waals surface area (Å²) in [5.41, 5.74) is 1.11. The molecule has 152 valence electrons. The van der Waals surface area contributed by atoms with Crippen LogP contribution < -0.4 is 15.4 Å². The molecule has 0 amide bonds. The smallest absolute Gasteiger partial charge is 0.213 e. The summed E-state index contributed by atoms with van der Waals surface area (Å²) in [6.45, 7) is 3.61. The summed E-state index contributed by atoms with van der Waals surface area (Å²) in [5, 5.41) is 7.73. The largest absolute Gasteiger partial charge is 0.474 e. The lowest BCUT2D eigenvalue weighted by Gasteiger charge is -2.17. The Bertz CT molecular complexity index is 578. The van der Waals surface area contributed by atoms with Crippen molar-refractivity contribution in [3.05, 3.63) is 23.9 Å². The number of hydrogen-bond donors (Lipinski definition) is 2. The zero-order valence-corrected chi connectivity index (χ0v) is 19.6. The molecule has 1 aromatic rings. The van der Waals surface area contributed by atoms with Gasteiger partial charge in [0.05, 0.1) is 6.54 Å². The zero-order chi connectivity index (χ0) is 18.2. The molecule has 0 bridgehead atoms. The second kappa shape index (κ2) is 12.0. The van der Waals surface area contributed by atoms with Crippen LogP contribution in [0.1, 0.15) is 57.4 Å². The molecular weight excluding hydrogens is 471 g/mol. The number of thioether (sulfide) groups is 1. The average molecular weight is 504 g/mol. The van der Waals surface area contributed by atoms with Gasteiger partial charge >= 0.3 is 0 Å². The van der Waals surface area contributed by atoms with Crippen molar-refractivity contribution >= 4 is 41.7 Å². The first-order chi connectivity index (χ1) is 12.8. The molecule has 2 aliphatic carbocycles. The Morgan fingerprint density at radius 3 is 2.70 bits per heavy atom. The molecule has 2 saturated carbocycles. The lowest BCUT2D eigenvalue weighted by Crippen LogP contribution is -2.42. The van der Waals surface area contributed by atoms with E-state index in [1.807, 2.05) is 24.0 Å². The Labute approximate surface area is 184 Å². The summed E-state index contributed by atoms with van der Waals surface area (Å²) in [7, 11) is 0. The molecule has 1 heterocycles. The molecule has 27 heavy (non-hydrogen) atoms. The van der Waals surface area contributed by atoms with Gasteiger partial charge in [-0.2, -0.15) is 11.8 Å². The molecule has 5 nitrogen and oxygen atoms in total. The van der Waals surface area contributed by atoms with Gasteiger partial charge in [-0.3, -0.25) is 0 Å². The summed E-state index contributed by atoms with van der Waals surface area (Å²) >= 11 is 1.98. The molecule has 2 aliphatic rings. The first kappa shape index (κ1) is 22.6. The zero-order valence-electron chi connectivity index (χ0n) is 16.4. The van der Waals surface area contributed by atoms with Crippen LogP contribution in [-0.2, 0) is 6.54 Å². The van der Waals surface area contributed by atoms with Crippen molar-refractivity contribution in [1.82, 2.24) is 15.6 Å². The minimum absolute atomic E-state index is 0. The van der Waals surface area contributed by atoms with Gasteiger partial charge in [0, 0.05) is 30.1 Å². The highest BCUT2D eigenvalue weighted by Crippen LogP contribution is 2.28. The molecule has 0 aliphatic heterocycles. The van der Waals surface area contributed by atoms with E-state index in [0.717, 1.165) is 42.0 Å². The van der Waals surface area contributed by atoms with E-state index in [2.05, 4.69) is 34.9 Å². The van der Waals surface area contributed by atoms with Crippen molar-refractivity contribution in [2.24, 2.45) is 4.99 Å². The van der Waals surface area contributed by atoms with E-state index in [0.29, 0.717) is 18.7 Å². The molecule has 7 heteroatoms. The second-order valence-electron chi connectivity index (χ2n) is 7.24. The predicted octanol–water partition coefficient (Wildman–Crippen LogP) is 4.36. The normalized spacial score (nSPS) is 23.1. The standard InChI is InChI=1S/C20H32N4OS.HI/c1-3-21-20(24-16-9-10-18(12-16)26-2)23-14-15-8-11-19(22-13-15)25-17-6-4-5-7-17;/h8,11,13,16-18H,3-7,9-10,12,14H2,1-2H3,(H2,21,23,24);1H. The van der Waals surface area contributed by atoms with E-state index in [9.17, 15) is 0 Å². The van der Waals surface area contributed by atoms with Crippen LogP contribution in [0.2, 0.25) is 0 Å². The quantitative estimate of drug-likeness (QED) is 0.328. The minimum atomic E-state index is 0. The van der Waals surface area contributed by atoms with E-state index in [1.165, 1.54) is 32.1 Å².